The number of nitrogens with one attached hydrogen (secondary N) is 2. The second-order valence-electron chi connectivity index (χ2n) is 10.9. The molecule has 2 amide bonds. The number of anilines is 2. The normalized spacial score (nSPS) is 10.9. The van der Waals surface area contributed by atoms with Gasteiger partial charge in [-0.05, 0) is 24.3 Å². The Morgan fingerprint density at radius 2 is 1.25 bits per heavy atom. The molecule has 0 unspecified atom stereocenters. The van der Waals surface area contributed by atoms with Crippen LogP contribution in [0.15, 0.2) is 79.0 Å². The van der Waals surface area contributed by atoms with Crippen LogP contribution in [-0.4, -0.2) is 79.1 Å². The first-order valence-corrected chi connectivity index (χ1v) is 15.6. The number of nitrogens with zero attached hydrogens (tertiary/aromatic N) is 6. The Bertz CT molecular complexity index is 2100. The van der Waals surface area contributed by atoms with Crippen molar-refractivity contribution in [2.45, 2.75) is 13.2 Å². The summed E-state index contributed by atoms with van der Waals surface area (Å²) in [4.78, 5) is 51.7. The lowest BCUT2D eigenvalue weighted by atomic mass is 10.2. The summed E-state index contributed by atoms with van der Waals surface area (Å²) in [7, 11) is 0. The zero-order chi connectivity index (χ0) is 35.7. The summed E-state index contributed by atoms with van der Waals surface area (Å²) >= 11 is 0. The van der Waals surface area contributed by atoms with E-state index in [0.717, 1.165) is 10.8 Å². The Balaban J connectivity index is 1.30. The smallest absolute Gasteiger partial charge is 0.309 e. The van der Waals surface area contributed by atoms with Crippen LogP contribution in [-0.2, 0) is 17.9 Å². The van der Waals surface area contributed by atoms with E-state index in [-0.39, 0.29) is 73.9 Å². The number of carbonyl (C=O) groups excluding carboxylic acids is 2. The maximum Gasteiger partial charge on any atom is 0.309 e. The number of rotatable bonds is 15. The Labute approximate surface area is 289 Å². The fourth-order valence-corrected chi connectivity index (χ4v) is 4.95. The Morgan fingerprint density at radius 3 is 1.76 bits per heavy atom. The molecular weight excluding hydrogens is 660 g/mol. The van der Waals surface area contributed by atoms with Gasteiger partial charge in [0, 0.05) is 48.1 Å². The fraction of sp³-hybridized carbons (Fsp3) is 0.176. The third kappa shape index (κ3) is 8.48. The number of carboxylic acid groups (broad SMARTS) is 1. The zero-order valence-electron chi connectivity index (χ0n) is 27.0. The van der Waals surface area contributed by atoms with Gasteiger partial charge in [-0.25, -0.2) is 19.6 Å². The minimum Gasteiger partial charge on any atom is -0.491 e. The molecule has 51 heavy (non-hydrogen) atoms. The van der Waals surface area contributed by atoms with Crippen molar-refractivity contribution in [3.8, 4) is 17.2 Å². The largest absolute Gasteiger partial charge is 0.491 e. The van der Waals surface area contributed by atoms with Gasteiger partial charge in [-0.1, -0.05) is 29.5 Å². The number of benzene rings is 2. The first kappa shape index (κ1) is 34.2. The second-order valence-corrected chi connectivity index (χ2v) is 10.9. The lowest BCUT2D eigenvalue weighted by Crippen LogP contribution is -2.20. The van der Waals surface area contributed by atoms with E-state index < -0.39 is 17.8 Å². The number of amides is 2. The summed E-state index contributed by atoms with van der Waals surface area (Å²) in [5, 5.41) is 23.6. The molecule has 0 aliphatic carbocycles. The molecule has 0 bridgehead atoms. The first-order valence-electron chi connectivity index (χ1n) is 15.6. The number of nitrogens with two attached hydrogens (primary N) is 2. The van der Waals surface area contributed by atoms with Crippen LogP contribution in [0.4, 0.5) is 11.6 Å². The van der Waals surface area contributed by atoms with E-state index in [1.165, 1.54) is 23.0 Å². The van der Waals surface area contributed by atoms with Crippen LogP contribution in [0.3, 0.4) is 0 Å². The van der Waals surface area contributed by atoms with E-state index in [1.807, 2.05) is 24.3 Å². The third-order valence-electron chi connectivity index (χ3n) is 7.14. The fourth-order valence-electron chi connectivity index (χ4n) is 4.95. The van der Waals surface area contributed by atoms with Crippen molar-refractivity contribution in [2.75, 3.05) is 36.9 Å². The molecule has 6 aromatic rings. The monoisotopic (exact) mass is 692 g/mol. The van der Waals surface area contributed by atoms with Gasteiger partial charge < -0.3 is 41.4 Å². The number of aliphatic carboxylic acids is 1. The molecule has 0 aliphatic heterocycles. The van der Waals surface area contributed by atoms with Crippen molar-refractivity contribution in [3.05, 3.63) is 96.1 Å². The maximum atomic E-state index is 13.6. The summed E-state index contributed by atoms with van der Waals surface area (Å²) in [6.45, 7) is 0.841. The summed E-state index contributed by atoms with van der Waals surface area (Å²) in [6, 6.07) is 20.3. The number of carbonyl (C=O) groups is 3. The average Bonchev–Trinajstić information content (AvgIpc) is 3.58. The van der Waals surface area contributed by atoms with Crippen molar-refractivity contribution in [1.29, 1.82) is 0 Å². The van der Waals surface area contributed by atoms with Gasteiger partial charge in [0.1, 0.15) is 53.5 Å². The number of hydrogen-bond donors (Lipinski definition) is 5. The highest BCUT2D eigenvalue weighted by Gasteiger charge is 2.19. The van der Waals surface area contributed by atoms with Crippen molar-refractivity contribution in [1.82, 2.24) is 29.9 Å². The number of ether oxygens (including phenoxy) is 3. The molecule has 0 radical (unpaired) electrons. The summed E-state index contributed by atoms with van der Waals surface area (Å²) in [5.41, 5.74) is 12.3. The topological polar surface area (TPSA) is 245 Å². The van der Waals surface area contributed by atoms with E-state index in [4.69, 9.17) is 30.8 Å². The number of carboxylic acids is 1. The van der Waals surface area contributed by atoms with Gasteiger partial charge in [-0.15, -0.1) is 5.10 Å². The number of aromatic nitrogens is 6. The van der Waals surface area contributed by atoms with Crippen LogP contribution in [0, 0.1) is 0 Å². The van der Waals surface area contributed by atoms with E-state index >= 15 is 0 Å². The predicted molar refractivity (Wildman–Crippen MR) is 185 cm³/mol. The summed E-state index contributed by atoms with van der Waals surface area (Å²) in [6.07, 6.45) is 1.08. The summed E-state index contributed by atoms with van der Waals surface area (Å²) in [5.74, 6) is -1.11. The summed E-state index contributed by atoms with van der Waals surface area (Å²) < 4.78 is 18.7. The lowest BCUT2D eigenvalue weighted by Gasteiger charge is -2.13. The SMILES string of the molecule is NCCOc1cc(NC(=O)c2cc(OCn3cc(CC(=O)O)nn3)cc(C(=O)Nc3cc(OCCN)c4ccccc4n3)n2)nc2ccccc12. The van der Waals surface area contributed by atoms with Gasteiger partial charge >= 0.3 is 5.97 Å². The van der Waals surface area contributed by atoms with Gasteiger partial charge in [0.25, 0.3) is 11.8 Å². The van der Waals surface area contributed by atoms with Gasteiger partial charge in [0.2, 0.25) is 0 Å². The highest BCUT2D eigenvalue weighted by atomic mass is 16.5. The Kier molecular flexibility index (Phi) is 10.5. The van der Waals surface area contributed by atoms with Crippen LogP contribution in [0.5, 0.6) is 17.2 Å². The third-order valence-corrected chi connectivity index (χ3v) is 7.14. The number of para-hydroxylation sites is 2. The van der Waals surface area contributed by atoms with Gasteiger partial charge in [0.15, 0.2) is 6.73 Å². The minimum absolute atomic E-state index is 0.0764. The first-order chi connectivity index (χ1) is 24.8. The van der Waals surface area contributed by atoms with Crippen molar-refractivity contribution in [3.63, 3.8) is 0 Å². The van der Waals surface area contributed by atoms with Crippen LogP contribution in [0.1, 0.15) is 26.7 Å². The number of pyridine rings is 3. The maximum absolute atomic E-state index is 13.6. The molecule has 0 fully saturated rings. The van der Waals surface area contributed by atoms with Crippen molar-refractivity contribution >= 4 is 51.2 Å². The van der Waals surface area contributed by atoms with E-state index in [9.17, 15) is 14.4 Å². The van der Waals surface area contributed by atoms with Gasteiger partial charge in [-0.2, -0.15) is 0 Å². The number of fused-ring (bicyclic) bond motifs is 2. The quantitative estimate of drug-likeness (QED) is 0.104. The standard InChI is InChI=1S/C34H32N10O7/c35-9-11-49-28-16-30(38-24-7-3-1-5-22(24)28)40-33(47)26-14-21(51-19-44-18-20(42-43-44)13-32(45)46)15-27(37-26)34(48)41-31-17-29(50-12-10-36)23-6-2-4-8-25(23)39-31/h1-8,14-18H,9-13,19,35-36H2,(H,45,46)(H,38,40,47)(H,39,41,48). The number of hydrogen-bond acceptors (Lipinski definition) is 13. The second kappa shape index (κ2) is 15.7. The van der Waals surface area contributed by atoms with Crippen LogP contribution in [0.2, 0.25) is 0 Å². The van der Waals surface area contributed by atoms with E-state index in [2.05, 4.69) is 35.9 Å². The van der Waals surface area contributed by atoms with Crippen LogP contribution < -0.4 is 36.3 Å². The lowest BCUT2D eigenvalue weighted by molar-refractivity contribution is -0.136. The molecule has 2 aromatic carbocycles. The molecule has 4 heterocycles. The molecule has 0 spiro atoms. The van der Waals surface area contributed by atoms with Gasteiger partial charge in [-0.3, -0.25) is 14.4 Å². The molecular formula is C34H32N10O7. The molecule has 17 heteroatoms. The highest BCUT2D eigenvalue weighted by molar-refractivity contribution is 6.07. The molecule has 7 N–H and O–H groups in total. The average molecular weight is 693 g/mol. The predicted octanol–water partition coefficient (Wildman–Crippen LogP) is 2.61. The molecule has 260 valence electrons. The Hall–Kier alpha value is -6.72. The Morgan fingerprint density at radius 1 is 0.725 bits per heavy atom. The van der Waals surface area contributed by atoms with E-state index in [1.54, 1.807) is 36.4 Å². The van der Waals surface area contributed by atoms with Crippen LogP contribution >= 0.6 is 0 Å². The molecule has 17 nitrogen and oxygen atoms in total. The highest BCUT2D eigenvalue weighted by Crippen LogP contribution is 2.29. The molecule has 0 aliphatic rings. The molecule has 6 rings (SSSR count). The van der Waals surface area contributed by atoms with Gasteiger partial charge in [0.05, 0.1) is 29.3 Å². The van der Waals surface area contributed by atoms with Crippen molar-refractivity contribution in [2.24, 2.45) is 11.5 Å². The molecule has 4 aromatic heterocycles. The van der Waals surface area contributed by atoms with Crippen LogP contribution in [0.25, 0.3) is 21.8 Å². The zero-order valence-corrected chi connectivity index (χ0v) is 27.0. The van der Waals surface area contributed by atoms with E-state index in [0.29, 0.717) is 22.5 Å². The molecule has 0 saturated heterocycles. The minimum atomic E-state index is -1.07. The molecule has 0 atom stereocenters. The molecule has 0 saturated carbocycles. The van der Waals surface area contributed by atoms with Crippen molar-refractivity contribution < 1.29 is 33.7 Å².